The van der Waals surface area contributed by atoms with E-state index in [2.05, 4.69) is 0 Å². The fraction of sp³-hybridized carbons (Fsp3) is 0.667. The van der Waals surface area contributed by atoms with Crippen LogP contribution in [0.2, 0.25) is 0 Å². The predicted molar refractivity (Wildman–Crippen MR) is 47.3 cm³/mol. The van der Waals surface area contributed by atoms with Gasteiger partial charge in [-0.2, -0.15) is 0 Å². The molecule has 0 N–H and O–H groups in total. The monoisotopic (exact) mass is 155 g/mol. The van der Waals surface area contributed by atoms with Crippen molar-refractivity contribution in [2.24, 2.45) is 5.92 Å². The van der Waals surface area contributed by atoms with Crippen molar-refractivity contribution >= 4 is 5.78 Å². The Labute approximate surface area is 68.9 Å². The standard InChI is InChI=1S/C9H17NO/c1-8(2)7-9(11)5-6-10(3)4/h5-6,8H,7H2,1-4H3/b6-5+. The fourth-order valence-corrected chi connectivity index (χ4v) is 0.703. The van der Waals surface area contributed by atoms with Crippen molar-refractivity contribution < 1.29 is 4.79 Å². The zero-order chi connectivity index (χ0) is 8.85. The number of nitrogens with zero attached hydrogens (tertiary/aromatic N) is 1. The van der Waals surface area contributed by atoms with Gasteiger partial charge in [0.1, 0.15) is 0 Å². The Bertz CT molecular complexity index is 148. The first-order valence-electron chi connectivity index (χ1n) is 3.90. The number of carbonyl (C=O) groups is 1. The lowest BCUT2D eigenvalue weighted by molar-refractivity contribution is -0.115. The second-order valence-corrected chi connectivity index (χ2v) is 3.34. The van der Waals surface area contributed by atoms with E-state index in [9.17, 15) is 4.79 Å². The Kier molecular flexibility index (Phi) is 4.59. The van der Waals surface area contributed by atoms with Crippen LogP contribution in [-0.4, -0.2) is 24.8 Å². The molecule has 0 aromatic heterocycles. The number of hydrogen-bond donors (Lipinski definition) is 0. The van der Waals surface area contributed by atoms with E-state index in [-0.39, 0.29) is 5.78 Å². The normalized spacial score (nSPS) is 11.0. The van der Waals surface area contributed by atoms with Gasteiger partial charge in [-0.05, 0) is 12.0 Å². The van der Waals surface area contributed by atoms with Crippen molar-refractivity contribution in [3.8, 4) is 0 Å². The second kappa shape index (κ2) is 4.94. The number of carbonyl (C=O) groups excluding carboxylic acids is 1. The van der Waals surface area contributed by atoms with Gasteiger partial charge >= 0.3 is 0 Å². The minimum atomic E-state index is 0.203. The largest absolute Gasteiger partial charge is 0.383 e. The van der Waals surface area contributed by atoms with Crippen LogP contribution >= 0.6 is 0 Å². The highest BCUT2D eigenvalue weighted by Crippen LogP contribution is 2.00. The first-order chi connectivity index (χ1) is 5.02. The molecule has 2 nitrogen and oxygen atoms in total. The molecule has 2 heteroatoms. The topological polar surface area (TPSA) is 20.3 Å². The molecule has 0 saturated carbocycles. The summed E-state index contributed by atoms with van der Waals surface area (Å²) >= 11 is 0. The molecule has 11 heavy (non-hydrogen) atoms. The van der Waals surface area contributed by atoms with E-state index >= 15 is 0 Å². The van der Waals surface area contributed by atoms with E-state index in [1.165, 1.54) is 0 Å². The van der Waals surface area contributed by atoms with Crippen LogP contribution in [0.3, 0.4) is 0 Å². The van der Waals surface area contributed by atoms with Gasteiger partial charge in [0.05, 0.1) is 0 Å². The summed E-state index contributed by atoms with van der Waals surface area (Å²) in [4.78, 5) is 12.9. The van der Waals surface area contributed by atoms with Crippen LogP contribution in [0, 0.1) is 5.92 Å². The number of rotatable bonds is 4. The van der Waals surface area contributed by atoms with Crippen LogP contribution in [0.5, 0.6) is 0 Å². The van der Waals surface area contributed by atoms with E-state index < -0.39 is 0 Å². The van der Waals surface area contributed by atoms with Gasteiger partial charge in [0.25, 0.3) is 0 Å². The molecular formula is C9H17NO. The highest BCUT2D eigenvalue weighted by atomic mass is 16.1. The maximum atomic E-state index is 11.0. The van der Waals surface area contributed by atoms with Crippen molar-refractivity contribution in [1.82, 2.24) is 4.90 Å². The van der Waals surface area contributed by atoms with Crippen LogP contribution in [0.4, 0.5) is 0 Å². The smallest absolute Gasteiger partial charge is 0.157 e. The lowest BCUT2D eigenvalue weighted by atomic mass is 10.1. The minimum absolute atomic E-state index is 0.203. The summed E-state index contributed by atoms with van der Waals surface area (Å²) in [6.45, 7) is 4.09. The second-order valence-electron chi connectivity index (χ2n) is 3.34. The summed E-state index contributed by atoms with van der Waals surface area (Å²) in [5.74, 6) is 0.656. The SMILES string of the molecule is CC(C)CC(=O)/C=C/N(C)C. The van der Waals surface area contributed by atoms with E-state index in [4.69, 9.17) is 0 Å². The fourth-order valence-electron chi connectivity index (χ4n) is 0.703. The third kappa shape index (κ3) is 7.10. The van der Waals surface area contributed by atoms with E-state index in [1.54, 1.807) is 12.3 Å². The molecule has 0 spiro atoms. The molecule has 0 aromatic carbocycles. The van der Waals surface area contributed by atoms with Gasteiger partial charge < -0.3 is 4.90 Å². The first-order valence-corrected chi connectivity index (χ1v) is 3.90. The molecule has 0 fully saturated rings. The first kappa shape index (κ1) is 10.2. The van der Waals surface area contributed by atoms with E-state index in [1.807, 2.05) is 32.8 Å². The zero-order valence-electron chi connectivity index (χ0n) is 7.79. The Morgan fingerprint density at radius 3 is 2.36 bits per heavy atom. The van der Waals surface area contributed by atoms with Gasteiger partial charge in [-0.25, -0.2) is 0 Å². The van der Waals surface area contributed by atoms with Crippen LogP contribution in [0.25, 0.3) is 0 Å². The van der Waals surface area contributed by atoms with Crippen LogP contribution in [-0.2, 0) is 4.79 Å². The number of hydrogen-bond acceptors (Lipinski definition) is 2. The van der Waals surface area contributed by atoms with Crippen molar-refractivity contribution in [3.05, 3.63) is 12.3 Å². The number of ketones is 1. The molecule has 0 aliphatic carbocycles. The molecule has 0 aliphatic heterocycles. The van der Waals surface area contributed by atoms with Gasteiger partial charge in [0.15, 0.2) is 5.78 Å². The maximum Gasteiger partial charge on any atom is 0.157 e. The van der Waals surface area contributed by atoms with E-state index in [0.717, 1.165) is 0 Å². The van der Waals surface area contributed by atoms with E-state index in [0.29, 0.717) is 12.3 Å². The lowest BCUT2D eigenvalue weighted by Gasteiger charge is -2.03. The van der Waals surface area contributed by atoms with Crippen molar-refractivity contribution in [1.29, 1.82) is 0 Å². The molecule has 0 atom stereocenters. The summed E-state index contributed by atoms with van der Waals surface area (Å²) in [6.07, 6.45) is 4.05. The zero-order valence-corrected chi connectivity index (χ0v) is 7.79. The Morgan fingerprint density at radius 2 is 2.00 bits per heavy atom. The van der Waals surface area contributed by atoms with Gasteiger partial charge in [-0.15, -0.1) is 0 Å². The summed E-state index contributed by atoms with van der Waals surface area (Å²) in [5, 5.41) is 0. The average Bonchev–Trinajstić information content (AvgIpc) is 1.82. The Balaban J connectivity index is 3.69. The molecule has 0 rings (SSSR count). The van der Waals surface area contributed by atoms with Crippen molar-refractivity contribution in [2.45, 2.75) is 20.3 Å². The quantitative estimate of drug-likeness (QED) is 0.576. The highest BCUT2D eigenvalue weighted by molar-refractivity contribution is 5.89. The van der Waals surface area contributed by atoms with Gasteiger partial charge in [-0.1, -0.05) is 13.8 Å². The summed E-state index contributed by atoms with van der Waals surface area (Å²) in [6, 6.07) is 0. The minimum Gasteiger partial charge on any atom is -0.383 e. The Hall–Kier alpha value is -0.790. The molecule has 0 aliphatic rings. The molecule has 0 unspecified atom stereocenters. The Morgan fingerprint density at radius 1 is 1.45 bits per heavy atom. The molecule has 0 bridgehead atoms. The lowest BCUT2D eigenvalue weighted by Crippen LogP contribution is -2.04. The molecule has 0 saturated heterocycles. The van der Waals surface area contributed by atoms with Crippen LogP contribution in [0.15, 0.2) is 12.3 Å². The predicted octanol–water partition coefficient (Wildman–Crippen LogP) is 1.68. The molecule has 0 radical (unpaired) electrons. The molecule has 0 heterocycles. The third-order valence-corrected chi connectivity index (χ3v) is 1.17. The van der Waals surface area contributed by atoms with Crippen LogP contribution < -0.4 is 0 Å². The van der Waals surface area contributed by atoms with Gasteiger partial charge in [0.2, 0.25) is 0 Å². The molecule has 0 amide bonds. The molecular weight excluding hydrogens is 138 g/mol. The average molecular weight is 155 g/mol. The molecule has 64 valence electrons. The highest BCUT2D eigenvalue weighted by Gasteiger charge is 1.99. The maximum absolute atomic E-state index is 11.0. The van der Waals surface area contributed by atoms with Crippen LogP contribution in [0.1, 0.15) is 20.3 Å². The third-order valence-electron chi connectivity index (χ3n) is 1.17. The van der Waals surface area contributed by atoms with Gasteiger partial charge in [0, 0.05) is 26.7 Å². The summed E-state index contributed by atoms with van der Waals surface area (Å²) in [7, 11) is 3.80. The number of allylic oxidation sites excluding steroid dienone is 1. The molecule has 0 aromatic rings. The van der Waals surface area contributed by atoms with Crippen molar-refractivity contribution in [3.63, 3.8) is 0 Å². The van der Waals surface area contributed by atoms with Crippen molar-refractivity contribution in [2.75, 3.05) is 14.1 Å². The summed E-state index contributed by atoms with van der Waals surface area (Å²) in [5.41, 5.74) is 0. The summed E-state index contributed by atoms with van der Waals surface area (Å²) < 4.78 is 0. The van der Waals surface area contributed by atoms with Gasteiger partial charge in [-0.3, -0.25) is 4.79 Å².